The highest BCUT2D eigenvalue weighted by Crippen LogP contribution is 2.14. The molecule has 0 spiro atoms. The second-order valence-corrected chi connectivity index (χ2v) is 5.19. The third-order valence-corrected chi connectivity index (χ3v) is 3.23. The van der Waals surface area contributed by atoms with Gasteiger partial charge in [0.15, 0.2) is 0 Å². The van der Waals surface area contributed by atoms with Crippen LogP contribution in [0.1, 0.15) is 29.5 Å². The molecule has 90 valence electrons. The lowest BCUT2D eigenvalue weighted by atomic mass is 10.3. The molecule has 0 bridgehead atoms. The topological polar surface area (TPSA) is 41.1 Å². The molecule has 0 fully saturated rings. The Labute approximate surface area is 101 Å². The van der Waals surface area contributed by atoms with Gasteiger partial charge in [-0.3, -0.25) is 4.79 Å². The Morgan fingerprint density at radius 3 is 2.88 bits per heavy atom. The number of aryl methyl sites for hydroxylation is 1. The maximum Gasteiger partial charge on any atom is 0.233 e. The lowest BCUT2D eigenvalue weighted by Gasteiger charge is -2.04. The van der Waals surface area contributed by atoms with Crippen molar-refractivity contribution in [3.63, 3.8) is 0 Å². The Hall–Kier alpha value is -0.870. The molecule has 0 radical (unpaired) electrons. The van der Waals surface area contributed by atoms with E-state index < -0.39 is 0 Å². The summed E-state index contributed by atoms with van der Waals surface area (Å²) in [5.41, 5.74) is 0. The second-order valence-electron chi connectivity index (χ2n) is 3.82. The van der Waals surface area contributed by atoms with Gasteiger partial charge in [0.05, 0.1) is 6.54 Å². The van der Waals surface area contributed by atoms with Crippen LogP contribution in [0.25, 0.3) is 0 Å². The molecule has 0 aliphatic rings. The number of thiophene rings is 1. The van der Waals surface area contributed by atoms with Crippen molar-refractivity contribution in [1.29, 1.82) is 0 Å². The first-order valence-electron chi connectivity index (χ1n) is 5.75. The minimum Gasteiger partial charge on any atom is -0.355 e. The molecule has 16 heavy (non-hydrogen) atoms. The highest BCUT2D eigenvalue weighted by molar-refractivity contribution is 7.11. The van der Waals surface area contributed by atoms with Crippen molar-refractivity contribution in [3.05, 3.63) is 21.9 Å². The average molecular weight is 240 g/mol. The summed E-state index contributed by atoms with van der Waals surface area (Å²) < 4.78 is 0. The van der Waals surface area contributed by atoms with E-state index in [-0.39, 0.29) is 5.91 Å². The Morgan fingerprint density at radius 2 is 2.25 bits per heavy atom. The van der Waals surface area contributed by atoms with E-state index in [1.165, 1.54) is 9.75 Å². The first-order chi connectivity index (χ1) is 7.72. The van der Waals surface area contributed by atoms with Crippen LogP contribution in [0.3, 0.4) is 0 Å². The van der Waals surface area contributed by atoms with E-state index in [1.54, 1.807) is 11.3 Å². The molecule has 0 saturated carbocycles. The van der Waals surface area contributed by atoms with Crippen LogP contribution in [0.5, 0.6) is 0 Å². The summed E-state index contributed by atoms with van der Waals surface area (Å²) in [6, 6.07) is 4.20. The predicted octanol–water partition coefficient (Wildman–Crippen LogP) is 2.06. The highest BCUT2D eigenvalue weighted by Gasteiger charge is 2.00. The molecule has 0 aromatic carbocycles. The molecule has 1 aromatic heterocycles. The van der Waals surface area contributed by atoms with Crippen LogP contribution >= 0.6 is 11.3 Å². The molecule has 4 heteroatoms. The standard InChI is InChI=1S/C12H20N2OS/c1-3-4-7-14-12(15)9-13-8-11-6-5-10(2)16-11/h5-6,13H,3-4,7-9H2,1-2H3,(H,14,15). The van der Waals surface area contributed by atoms with Gasteiger partial charge < -0.3 is 10.6 Å². The molecule has 1 aromatic rings. The van der Waals surface area contributed by atoms with E-state index in [9.17, 15) is 4.79 Å². The molecule has 1 heterocycles. The minimum atomic E-state index is 0.0849. The molecule has 0 unspecified atom stereocenters. The van der Waals surface area contributed by atoms with Crippen molar-refractivity contribution in [1.82, 2.24) is 10.6 Å². The zero-order chi connectivity index (χ0) is 11.8. The van der Waals surface area contributed by atoms with Crippen molar-refractivity contribution in [2.75, 3.05) is 13.1 Å². The van der Waals surface area contributed by atoms with Crippen molar-refractivity contribution in [3.8, 4) is 0 Å². The van der Waals surface area contributed by atoms with Gasteiger partial charge in [-0.25, -0.2) is 0 Å². The fourth-order valence-electron chi connectivity index (χ4n) is 1.35. The lowest BCUT2D eigenvalue weighted by molar-refractivity contribution is -0.120. The maximum atomic E-state index is 11.3. The quantitative estimate of drug-likeness (QED) is 0.716. The van der Waals surface area contributed by atoms with Crippen molar-refractivity contribution >= 4 is 17.2 Å². The third kappa shape index (κ3) is 5.28. The number of hydrogen-bond donors (Lipinski definition) is 2. The van der Waals surface area contributed by atoms with E-state index >= 15 is 0 Å². The number of carbonyl (C=O) groups excluding carboxylic acids is 1. The van der Waals surface area contributed by atoms with E-state index in [2.05, 4.69) is 36.6 Å². The van der Waals surface area contributed by atoms with Gasteiger partial charge >= 0.3 is 0 Å². The van der Waals surface area contributed by atoms with Crippen molar-refractivity contribution in [2.45, 2.75) is 33.2 Å². The molecular weight excluding hydrogens is 220 g/mol. The zero-order valence-corrected chi connectivity index (χ0v) is 10.8. The first-order valence-corrected chi connectivity index (χ1v) is 6.56. The smallest absolute Gasteiger partial charge is 0.233 e. The summed E-state index contributed by atoms with van der Waals surface area (Å²) in [6.07, 6.45) is 2.16. The fraction of sp³-hybridized carbons (Fsp3) is 0.583. The van der Waals surface area contributed by atoms with E-state index in [4.69, 9.17) is 0 Å². The van der Waals surface area contributed by atoms with Gasteiger partial charge in [0.1, 0.15) is 0 Å². The molecule has 2 N–H and O–H groups in total. The summed E-state index contributed by atoms with van der Waals surface area (Å²) >= 11 is 1.77. The first kappa shape index (κ1) is 13.2. The number of carbonyl (C=O) groups is 1. The fourth-order valence-corrected chi connectivity index (χ4v) is 2.21. The summed E-state index contributed by atoms with van der Waals surface area (Å²) in [7, 11) is 0. The Morgan fingerprint density at radius 1 is 1.44 bits per heavy atom. The van der Waals surface area contributed by atoms with Crippen LogP contribution in [0.4, 0.5) is 0 Å². The Balaban J connectivity index is 2.08. The number of rotatable bonds is 7. The van der Waals surface area contributed by atoms with Crippen molar-refractivity contribution < 1.29 is 4.79 Å². The van der Waals surface area contributed by atoms with Gasteiger partial charge in [-0.1, -0.05) is 13.3 Å². The van der Waals surface area contributed by atoms with Gasteiger partial charge in [0.25, 0.3) is 0 Å². The molecule has 0 saturated heterocycles. The summed E-state index contributed by atoms with van der Waals surface area (Å²) in [6.45, 7) is 6.17. The Kier molecular flexibility index (Phi) is 6.11. The monoisotopic (exact) mass is 240 g/mol. The summed E-state index contributed by atoms with van der Waals surface area (Å²) in [4.78, 5) is 13.9. The highest BCUT2D eigenvalue weighted by atomic mass is 32.1. The second kappa shape index (κ2) is 7.41. The van der Waals surface area contributed by atoms with E-state index in [0.717, 1.165) is 25.9 Å². The van der Waals surface area contributed by atoms with E-state index in [1.807, 2.05) is 0 Å². The molecule has 3 nitrogen and oxygen atoms in total. The predicted molar refractivity (Wildman–Crippen MR) is 68.7 cm³/mol. The third-order valence-electron chi connectivity index (χ3n) is 2.23. The SMILES string of the molecule is CCCCNC(=O)CNCc1ccc(C)s1. The number of unbranched alkanes of at least 4 members (excludes halogenated alkanes) is 1. The summed E-state index contributed by atoms with van der Waals surface area (Å²) in [5.74, 6) is 0.0849. The normalized spacial score (nSPS) is 10.4. The molecule has 0 atom stereocenters. The van der Waals surface area contributed by atoms with Crippen LogP contribution in [-0.2, 0) is 11.3 Å². The summed E-state index contributed by atoms with van der Waals surface area (Å²) in [5, 5.41) is 6.02. The zero-order valence-electron chi connectivity index (χ0n) is 10.0. The maximum absolute atomic E-state index is 11.3. The molecule has 0 aliphatic heterocycles. The molecule has 1 rings (SSSR count). The van der Waals surface area contributed by atoms with Gasteiger partial charge in [-0.15, -0.1) is 11.3 Å². The van der Waals surface area contributed by atoms with Gasteiger partial charge in [-0.2, -0.15) is 0 Å². The van der Waals surface area contributed by atoms with Crippen LogP contribution in [-0.4, -0.2) is 19.0 Å². The molecular formula is C12H20N2OS. The van der Waals surface area contributed by atoms with Crippen LogP contribution in [0.2, 0.25) is 0 Å². The van der Waals surface area contributed by atoms with Crippen LogP contribution < -0.4 is 10.6 Å². The van der Waals surface area contributed by atoms with Crippen LogP contribution in [0.15, 0.2) is 12.1 Å². The molecule has 0 aliphatic carbocycles. The van der Waals surface area contributed by atoms with Gasteiger partial charge in [0.2, 0.25) is 5.91 Å². The molecule has 1 amide bonds. The Bertz CT molecular complexity index is 323. The number of hydrogen-bond acceptors (Lipinski definition) is 3. The van der Waals surface area contributed by atoms with E-state index in [0.29, 0.717) is 6.54 Å². The van der Waals surface area contributed by atoms with Crippen LogP contribution in [0, 0.1) is 6.92 Å². The largest absolute Gasteiger partial charge is 0.355 e. The lowest BCUT2D eigenvalue weighted by Crippen LogP contribution is -2.33. The van der Waals surface area contributed by atoms with Crippen molar-refractivity contribution in [2.24, 2.45) is 0 Å². The van der Waals surface area contributed by atoms with Gasteiger partial charge in [-0.05, 0) is 25.5 Å². The minimum absolute atomic E-state index is 0.0849. The number of amides is 1. The average Bonchev–Trinajstić information content (AvgIpc) is 2.65. The number of nitrogens with one attached hydrogen (secondary N) is 2. The van der Waals surface area contributed by atoms with Gasteiger partial charge in [0, 0.05) is 22.8 Å².